The van der Waals surface area contributed by atoms with Gasteiger partial charge in [-0.05, 0) is 38.7 Å². The van der Waals surface area contributed by atoms with Gasteiger partial charge in [-0.25, -0.2) is 9.97 Å². The van der Waals surface area contributed by atoms with E-state index in [0.717, 1.165) is 66.1 Å². The van der Waals surface area contributed by atoms with Crippen LogP contribution in [-0.2, 0) is 24.1 Å². The molecule has 0 aliphatic carbocycles. The Morgan fingerprint density at radius 3 is 2.55 bits per heavy atom. The second-order valence-electron chi connectivity index (χ2n) is 5.78. The number of pyridine rings is 1. The summed E-state index contributed by atoms with van der Waals surface area (Å²) in [7, 11) is 0. The molecule has 0 saturated carbocycles. The zero-order valence-electron chi connectivity index (χ0n) is 14.0. The third-order valence-corrected chi connectivity index (χ3v) is 4.97. The van der Waals surface area contributed by atoms with Crippen molar-refractivity contribution in [2.75, 3.05) is 17.7 Å². The van der Waals surface area contributed by atoms with Gasteiger partial charge in [0, 0.05) is 18.7 Å². The third-order valence-electron chi connectivity index (χ3n) is 4.11. The number of aryl methyl sites for hydroxylation is 4. The Kier molecular flexibility index (Phi) is 5.69. The van der Waals surface area contributed by atoms with Crippen LogP contribution >= 0.6 is 0 Å². The number of aromatic nitrogens is 3. The van der Waals surface area contributed by atoms with E-state index >= 15 is 0 Å². The Labute approximate surface area is 135 Å². The van der Waals surface area contributed by atoms with Crippen LogP contribution in [0, 0.1) is 13.8 Å². The maximum absolute atomic E-state index is 11.1. The molecule has 2 N–H and O–H groups in total. The summed E-state index contributed by atoms with van der Waals surface area (Å²) in [6.45, 7) is 7.12. The number of hydrogen-bond donors (Lipinski definition) is 1. The lowest BCUT2D eigenvalue weighted by molar-refractivity contribution is 0.577. The van der Waals surface area contributed by atoms with Crippen molar-refractivity contribution in [1.29, 1.82) is 0 Å². The molecule has 0 aromatic carbocycles. The van der Waals surface area contributed by atoms with Gasteiger partial charge in [0.15, 0.2) is 5.82 Å². The van der Waals surface area contributed by atoms with Crippen molar-refractivity contribution in [3.63, 3.8) is 0 Å². The lowest BCUT2D eigenvalue weighted by Gasteiger charge is -2.11. The fraction of sp³-hybridized carbons (Fsp3) is 0.625. The molecule has 2 aromatic heterocycles. The quantitative estimate of drug-likeness (QED) is 0.628. The van der Waals surface area contributed by atoms with Crippen LogP contribution in [-0.4, -0.2) is 31.1 Å². The van der Waals surface area contributed by atoms with Crippen LogP contribution in [0.2, 0.25) is 0 Å². The average molecular weight is 322 g/mol. The molecule has 0 aliphatic rings. The number of nitrogen functional groups attached to an aromatic ring is 1. The Morgan fingerprint density at radius 1 is 1.18 bits per heavy atom. The molecule has 0 fully saturated rings. The van der Waals surface area contributed by atoms with Gasteiger partial charge in [0.2, 0.25) is 0 Å². The zero-order chi connectivity index (χ0) is 16.3. The number of nitrogens with zero attached hydrogens (tertiary/aromatic N) is 3. The lowest BCUT2D eigenvalue weighted by atomic mass is 10.2. The van der Waals surface area contributed by atoms with Crippen LogP contribution in [0.5, 0.6) is 0 Å². The summed E-state index contributed by atoms with van der Waals surface area (Å²) in [5, 5.41) is 0. The first kappa shape index (κ1) is 17.1. The minimum Gasteiger partial charge on any atom is -0.617 e. The van der Waals surface area contributed by atoms with Gasteiger partial charge in [0.05, 0.1) is 11.8 Å². The van der Waals surface area contributed by atoms with Crippen molar-refractivity contribution in [3.8, 4) is 0 Å². The molecule has 1 atom stereocenters. The zero-order valence-corrected chi connectivity index (χ0v) is 14.8. The minimum absolute atomic E-state index is 0.521. The summed E-state index contributed by atoms with van der Waals surface area (Å²) in [6.07, 6.45) is 5.81. The van der Waals surface area contributed by atoms with E-state index in [4.69, 9.17) is 5.73 Å². The van der Waals surface area contributed by atoms with E-state index in [0.29, 0.717) is 5.82 Å². The molecule has 0 spiro atoms. The number of nitrogens with two attached hydrogens (primary N) is 1. The van der Waals surface area contributed by atoms with E-state index < -0.39 is 11.2 Å². The molecule has 5 nitrogen and oxygen atoms in total. The SMILES string of the molecule is CCc1nc2c(N)nc(C)c(C)c2n1CCCCC[S+](C)[O-]. The Morgan fingerprint density at radius 2 is 1.91 bits per heavy atom. The largest absolute Gasteiger partial charge is 0.617 e. The normalized spacial score (nSPS) is 13.0. The van der Waals surface area contributed by atoms with Crippen LogP contribution in [0.25, 0.3) is 11.0 Å². The van der Waals surface area contributed by atoms with Crippen molar-refractivity contribution < 1.29 is 4.55 Å². The first-order valence-electron chi connectivity index (χ1n) is 7.87. The van der Waals surface area contributed by atoms with E-state index in [1.165, 1.54) is 0 Å². The van der Waals surface area contributed by atoms with Gasteiger partial charge in [0.25, 0.3) is 0 Å². The van der Waals surface area contributed by atoms with Crippen molar-refractivity contribution in [2.24, 2.45) is 0 Å². The predicted molar refractivity (Wildman–Crippen MR) is 93.6 cm³/mol. The molecule has 0 amide bonds. The maximum atomic E-state index is 11.1. The molecule has 0 radical (unpaired) electrons. The summed E-state index contributed by atoms with van der Waals surface area (Å²) in [5.41, 5.74) is 10.1. The van der Waals surface area contributed by atoms with Crippen LogP contribution < -0.4 is 5.73 Å². The van der Waals surface area contributed by atoms with Gasteiger partial charge in [-0.3, -0.25) is 0 Å². The number of anilines is 1. The molecule has 2 rings (SSSR count). The topological polar surface area (TPSA) is 79.8 Å². The van der Waals surface area contributed by atoms with E-state index in [1.54, 1.807) is 6.26 Å². The smallest absolute Gasteiger partial charge is 0.151 e. The van der Waals surface area contributed by atoms with Crippen molar-refractivity contribution >= 4 is 28.0 Å². The monoisotopic (exact) mass is 322 g/mol. The average Bonchev–Trinajstić information content (AvgIpc) is 2.83. The first-order chi connectivity index (χ1) is 10.5. The minimum atomic E-state index is -0.688. The standard InChI is InChI=1S/C16H26N4OS/c1-5-13-19-14-15(11(2)12(3)18-16(14)17)20(13)9-7-6-8-10-22(4)21/h5-10H2,1-4H3,(H2,17,18). The summed E-state index contributed by atoms with van der Waals surface area (Å²) in [5.74, 6) is 2.38. The van der Waals surface area contributed by atoms with Crippen molar-refractivity contribution in [2.45, 2.75) is 53.0 Å². The highest BCUT2D eigenvalue weighted by molar-refractivity contribution is 7.90. The highest BCUT2D eigenvalue weighted by Crippen LogP contribution is 2.26. The van der Waals surface area contributed by atoms with E-state index in [-0.39, 0.29) is 0 Å². The molecule has 6 heteroatoms. The summed E-state index contributed by atoms with van der Waals surface area (Å²) in [6, 6.07) is 0. The highest BCUT2D eigenvalue weighted by atomic mass is 32.2. The van der Waals surface area contributed by atoms with Crippen molar-refractivity contribution in [1.82, 2.24) is 14.5 Å². The summed E-state index contributed by atoms with van der Waals surface area (Å²) >= 11 is -0.688. The number of fused-ring (bicyclic) bond motifs is 1. The highest BCUT2D eigenvalue weighted by Gasteiger charge is 2.16. The van der Waals surface area contributed by atoms with E-state index in [2.05, 4.69) is 28.4 Å². The number of imidazole rings is 1. The van der Waals surface area contributed by atoms with Gasteiger partial charge in [-0.1, -0.05) is 18.1 Å². The van der Waals surface area contributed by atoms with Gasteiger partial charge in [-0.2, -0.15) is 0 Å². The van der Waals surface area contributed by atoms with Crippen LogP contribution in [0.3, 0.4) is 0 Å². The molecule has 0 aliphatic heterocycles. The Balaban J connectivity index is 2.24. The molecule has 0 bridgehead atoms. The Bertz CT molecular complexity index is 651. The van der Waals surface area contributed by atoms with Crippen LogP contribution in [0.15, 0.2) is 0 Å². The molecular weight excluding hydrogens is 296 g/mol. The van der Waals surface area contributed by atoms with Gasteiger partial charge in [0.1, 0.15) is 17.1 Å². The molecular formula is C16H26N4OS. The number of unbranched alkanes of at least 4 members (excludes halogenated alkanes) is 2. The first-order valence-corrected chi connectivity index (χ1v) is 9.60. The summed E-state index contributed by atoms with van der Waals surface area (Å²) < 4.78 is 13.4. The maximum Gasteiger partial charge on any atom is 0.151 e. The molecule has 0 saturated heterocycles. The van der Waals surface area contributed by atoms with Gasteiger partial charge in [-0.15, -0.1) is 0 Å². The van der Waals surface area contributed by atoms with Crippen molar-refractivity contribution in [3.05, 3.63) is 17.1 Å². The Hall–Kier alpha value is -1.27. The molecule has 2 heterocycles. The molecule has 2 aromatic rings. The lowest BCUT2D eigenvalue weighted by Crippen LogP contribution is -2.07. The van der Waals surface area contributed by atoms with Gasteiger partial charge < -0.3 is 14.9 Å². The fourth-order valence-corrected chi connectivity index (χ4v) is 3.42. The summed E-state index contributed by atoms with van der Waals surface area (Å²) in [4.78, 5) is 9.07. The third kappa shape index (κ3) is 3.55. The van der Waals surface area contributed by atoms with Crippen LogP contribution in [0.4, 0.5) is 5.82 Å². The van der Waals surface area contributed by atoms with Crippen LogP contribution in [0.1, 0.15) is 43.3 Å². The predicted octanol–water partition coefficient (Wildman–Crippen LogP) is 2.74. The van der Waals surface area contributed by atoms with E-state index in [9.17, 15) is 4.55 Å². The van der Waals surface area contributed by atoms with Gasteiger partial charge >= 0.3 is 0 Å². The second-order valence-corrected chi connectivity index (χ2v) is 7.33. The fourth-order valence-electron chi connectivity index (χ4n) is 2.81. The number of hydrogen-bond acceptors (Lipinski definition) is 4. The molecule has 1 unspecified atom stereocenters. The van der Waals surface area contributed by atoms with E-state index in [1.807, 2.05) is 6.92 Å². The molecule has 22 heavy (non-hydrogen) atoms. The molecule has 122 valence electrons. The second kappa shape index (κ2) is 7.33. The number of rotatable bonds is 7.